The lowest BCUT2D eigenvalue weighted by molar-refractivity contribution is 0.0554. The van der Waals surface area contributed by atoms with Gasteiger partial charge in [0.05, 0.1) is 12.6 Å². The van der Waals surface area contributed by atoms with Crippen LogP contribution < -0.4 is 0 Å². The van der Waals surface area contributed by atoms with E-state index in [2.05, 4.69) is 27.3 Å². The molecular weight excluding hydrogens is 344 g/mol. The second-order valence-electron chi connectivity index (χ2n) is 3.15. The molecule has 0 amide bonds. The number of esters is 1. The van der Waals surface area contributed by atoms with E-state index in [-0.39, 0.29) is 5.69 Å². The summed E-state index contributed by atoms with van der Waals surface area (Å²) in [6.07, 6.45) is 0. The molecule has 0 saturated carbocycles. The lowest BCUT2D eigenvalue weighted by atomic mass is 10.2. The molecule has 1 aromatic carbocycles. The third kappa shape index (κ3) is 1.73. The van der Waals surface area contributed by atoms with E-state index < -0.39 is 5.97 Å². The molecule has 0 fully saturated rings. The summed E-state index contributed by atoms with van der Waals surface area (Å²) in [6, 6.07) is 4.91. The van der Waals surface area contributed by atoms with Crippen LogP contribution in [-0.4, -0.2) is 23.0 Å². The molecule has 16 heavy (non-hydrogen) atoms. The molecule has 1 aromatic heterocycles. The number of nitrogens with zero attached hydrogens (tertiary/aromatic N) is 1. The predicted octanol–water partition coefficient (Wildman–Crippen LogP) is 2.92. The smallest absolute Gasteiger partial charge is 0.358 e. The van der Waals surface area contributed by atoms with E-state index in [0.717, 1.165) is 13.7 Å². The lowest BCUT2D eigenvalue weighted by Gasteiger charge is -2.00. The molecule has 1 N–H and O–H groups in total. The summed E-state index contributed by atoms with van der Waals surface area (Å²) in [4.78, 5) is 11.4. The minimum atomic E-state index is -0.592. The number of carbonyl (C=O) groups is 1. The standard InChI is InChI=1S/C10H7ClINO3/c1-16-10(14)9-4-6-7(12)2-5(11)3-8(6)13(9)15/h2-4,15H,1H3. The van der Waals surface area contributed by atoms with Crippen molar-refractivity contribution in [2.75, 3.05) is 7.11 Å². The zero-order valence-electron chi connectivity index (χ0n) is 8.20. The molecule has 0 radical (unpaired) electrons. The Labute approximate surface area is 110 Å². The number of rotatable bonds is 1. The first-order valence-electron chi connectivity index (χ1n) is 4.32. The monoisotopic (exact) mass is 351 g/mol. The van der Waals surface area contributed by atoms with Crippen molar-refractivity contribution in [2.24, 2.45) is 0 Å². The minimum absolute atomic E-state index is 0.0812. The van der Waals surface area contributed by atoms with Crippen molar-refractivity contribution in [1.82, 2.24) is 4.73 Å². The van der Waals surface area contributed by atoms with Crippen LogP contribution in [0.3, 0.4) is 0 Å². The Morgan fingerprint density at radius 3 is 2.81 bits per heavy atom. The lowest BCUT2D eigenvalue weighted by Crippen LogP contribution is -2.07. The zero-order valence-corrected chi connectivity index (χ0v) is 11.1. The van der Waals surface area contributed by atoms with Gasteiger partial charge in [0.1, 0.15) is 0 Å². The summed E-state index contributed by atoms with van der Waals surface area (Å²) in [7, 11) is 1.26. The molecule has 0 aliphatic heterocycles. The zero-order chi connectivity index (χ0) is 11.9. The van der Waals surface area contributed by atoms with Crippen molar-refractivity contribution in [2.45, 2.75) is 0 Å². The molecule has 0 unspecified atom stereocenters. The quantitative estimate of drug-likeness (QED) is 0.488. The maximum atomic E-state index is 11.4. The highest BCUT2D eigenvalue weighted by molar-refractivity contribution is 14.1. The molecule has 0 aliphatic rings. The molecule has 0 atom stereocenters. The van der Waals surface area contributed by atoms with Crippen LogP contribution in [0.1, 0.15) is 10.5 Å². The molecule has 1 heterocycles. The average Bonchev–Trinajstić information content (AvgIpc) is 2.56. The van der Waals surface area contributed by atoms with Gasteiger partial charge >= 0.3 is 5.97 Å². The molecule has 4 nitrogen and oxygen atoms in total. The summed E-state index contributed by atoms with van der Waals surface area (Å²) >= 11 is 7.96. The largest absolute Gasteiger partial charge is 0.464 e. The Morgan fingerprint density at radius 1 is 1.50 bits per heavy atom. The Kier molecular flexibility index (Phi) is 2.98. The summed E-state index contributed by atoms with van der Waals surface area (Å²) in [6.45, 7) is 0. The fraction of sp³-hybridized carbons (Fsp3) is 0.100. The number of ether oxygens (including phenoxy) is 1. The molecular formula is C10H7ClINO3. The van der Waals surface area contributed by atoms with Crippen LogP contribution in [0.25, 0.3) is 10.9 Å². The normalized spacial score (nSPS) is 10.7. The summed E-state index contributed by atoms with van der Waals surface area (Å²) in [5.41, 5.74) is 0.565. The molecule has 84 valence electrons. The second kappa shape index (κ2) is 4.14. The maximum absolute atomic E-state index is 11.4. The Morgan fingerprint density at radius 2 is 2.19 bits per heavy atom. The average molecular weight is 352 g/mol. The highest BCUT2D eigenvalue weighted by Gasteiger charge is 2.17. The highest BCUT2D eigenvalue weighted by atomic mass is 127. The van der Waals surface area contributed by atoms with Gasteiger partial charge in [-0.05, 0) is 40.8 Å². The van der Waals surface area contributed by atoms with Crippen LogP contribution in [0, 0.1) is 3.57 Å². The van der Waals surface area contributed by atoms with Gasteiger partial charge in [0.2, 0.25) is 0 Å². The van der Waals surface area contributed by atoms with Gasteiger partial charge in [-0.1, -0.05) is 11.6 Å². The number of hydrogen-bond acceptors (Lipinski definition) is 3. The number of methoxy groups -OCH3 is 1. The van der Waals surface area contributed by atoms with Crippen molar-refractivity contribution in [3.8, 4) is 0 Å². The first-order chi connectivity index (χ1) is 7.54. The van der Waals surface area contributed by atoms with Crippen molar-refractivity contribution in [3.05, 3.63) is 32.5 Å². The number of benzene rings is 1. The van der Waals surface area contributed by atoms with E-state index in [4.69, 9.17) is 11.6 Å². The first-order valence-corrected chi connectivity index (χ1v) is 5.78. The van der Waals surface area contributed by atoms with E-state index in [1.807, 2.05) is 0 Å². The van der Waals surface area contributed by atoms with Crippen molar-refractivity contribution >= 4 is 51.1 Å². The molecule has 2 aromatic rings. The second-order valence-corrected chi connectivity index (χ2v) is 4.75. The van der Waals surface area contributed by atoms with Gasteiger partial charge in [-0.3, -0.25) is 0 Å². The van der Waals surface area contributed by atoms with Gasteiger partial charge in [0, 0.05) is 14.0 Å². The molecule has 0 bridgehead atoms. The molecule has 0 saturated heterocycles. The number of halogens is 2. The Balaban J connectivity index is 2.77. The van der Waals surface area contributed by atoms with E-state index >= 15 is 0 Å². The van der Waals surface area contributed by atoms with E-state index in [0.29, 0.717) is 10.5 Å². The molecule has 6 heteroatoms. The highest BCUT2D eigenvalue weighted by Crippen LogP contribution is 2.27. The minimum Gasteiger partial charge on any atom is -0.464 e. The van der Waals surface area contributed by atoms with Crippen molar-refractivity contribution < 1.29 is 14.7 Å². The first kappa shape index (κ1) is 11.5. The van der Waals surface area contributed by atoms with Crippen LogP contribution >= 0.6 is 34.2 Å². The number of hydrogen-bond donors (Lipinski definition) is 1. The van der Waals surface area contributed by atoms with E-state index in [1.54, 1.807) is 18.2 Å². The van der Waals surface area contributed by atoms with Gasteiger partial charge in [0.15, 0.2) is 5.69 Å². The van der Waals surface area contributed by atoms with E-state index in [9.17, 15) is 10.0 Å². The van der Waals surface area contributed by atoms with Gasteiger partial charge in [-0.25, -0.2) is 4.79 Å². The third-order valence-corrected chi connectivity index (χ3v) is 3.32. The predicted molar refractivity (Wildman–Crippen MR) is 68.2 cm³/mol. The van der Waals surface area contributed by atoms with Crippen LogP contribution in [0.15, 0.2) is 18.2 Å². The van der Waals surface area contributed by atoms with Crippen LogP contribution in [0.4, 0.5) is 0 Å². The van der Waals surface area contributed by atoms with Gasteiger partial charge < -0.3 is 9.94 Å². The van der Waals surface area contributed by atoms with Crippen molar-refractivity contribution in [1.29, 1.82) is 0 Å². The van der Waals surface area contributed by atoms with Crippen LogP contribution in [-0.2, 0) is 4.74 Å². The Bertz CT molecular complexity index is 579. The Hall–Kier alpha value is -0.950. The molecule has 0 aliphatic carbocycles. The fourth-order valence-corrected chi connectivity index (χ4v) is 2.63. The summed E-state index contributed by atoms with van der Waals surface area (Å²) < 4.78 is 6.21. The van der Waals surface area contributed by atoms with Crippen molar-refractivity contribution in [3.63, 3.8) is 0 Å². The number of aromatic nitrogens is 1. The maximum Gasteiger partial charge on any atom is 0.358 e. The SMILES string of the molecule is COC(=O)c1cc2c(I)cc(Cl)cc2n1O. The third-order valence-electron chi connectivity index (χ3n) is 2.20. The summed E-state index contributed by atoms with van der Waals surface area (Å²) in [5.74, 6) is -0.592. The summed E-state index contributed by atoms with van der Waals surface area (Å²) in [5, 5.41) is 11.1. The topological polar surface area (TPSA) is 51.5 Å². The van der Waals surface area contributed by atoms with Gasteiger partial charge in [0.25, 0.3) is 0 Å². The number of carbonyl (C=O) groups excluding carboxylic acids is 1. The molecule has 2 rings (SSSR count). The fourth-order valence-electron chi connectivity index (χ4n) is 1.47. The van der Waals surface area contributed by atoms with Crippen LogP contribution in [0.2, 0.25) is 5.02 Å². The number of fused-ring (bicyclic) bond motifs is 1. The van der Waals surface area contributed by atoms with E-state index in [1.165, 1.54) is 7.11 Å². The molecule has 0 spiro atoms. The van der Waals surface area contributed by atoms with Gasteiger partial charge in [-0.2, -0.15) is 4.73 Å². The van der Waals surface area contributed by atoms with Gasteiger partial charge in [-0.15, -0.1) is 0 Å². The van der Waals surface area contributed by atoms with Crippen LogP contribution in [0.5, 0.6) is 0 Å².